The third kappa shape index (κ3) is 4.76. The molecule has 0 radical (unpaired) electrons. The van der Waals surface area contributed by atoms with Crippen LogP contribution >= 0.6 is 23.4 Å². The van der Waals surface area contributed by atoms with Crippen LogP contribution in [0.4, 0.5) is 11.4 Å². The zero-order valence-corrected chi connectivity index (χ0v) is 19.8. The number of amides is 2. The Kier molecular flexibility index (Phi) is 6.75. The van der Waals surface area contributed by atoms with E-state index in [1.165, 1.54) is 18.9 Å². The molecule has 0 saturated carbocycles. The van der Waals surface area contributed by atoms with Crippen LogP contribution in [0.2, 0.25) is 5.02 Å². The molecule has 1 aliphatic heterocycles. The van der Waals surface area contributed by atoms with Gasteiger partial charge in [-0.15, -0.1) is 10.2 Å². The van der Waals surface area contributed by atoms with Gasteiger partial charge in [-0.1, -0.05) is 35.5 Å². The highest BCUT2D eigenvalue weighted by Crippen LogP contribution is 2.37. The Morgan fingerprint density at radius 2 is 2.09 bits per heavy atom. The van der Waals surface area contributed by atoms with Gasteiger partial charge in [0.1, 0.15) is 11.5 Å². The van der Waals surface area contributed by atoms with Crippen molar-refractivity contribution in [2.75, 3.05) is 29.7 Å². The lowest BCUT2D eigenvalue weighted by molar-refractivity contribution is -0.121. The summed E-state index contributed by atoms with van der Waals surface area (Å²) in [5.41, 5.74) is 1.26. The van der Waals surface area contributed by atoms with Crippen molar-refractivity contribution >= 4 is 46.6 Å². The maximum atomic E-state index is 12.6. The molecule has 0 saturated heterocycles. The standard InChI is InChI=1S/C22H22ClN5O4S/c1-13(28-16-6-4-5-7-18(16)32-11-20(28)30)21-25-26-22(27(21)2)33-12-19(29)24-14-8-9-17(31-3)15(23)10-14/h4-10,13H,11-12H2,1-3H3,(H,24,29)/t13-/m0/s1. The number of para-hydroxylation sites is 2. The van der Waals surface area contributed by atoms with Gasteiger partial charge in [-0.25, -0.2) is 0 Å². The van der Waals surface area contributed by atoms with Crippen molar-refractivity contribution < 1.29 is 19.1 Å². The first-order chi connectivity index (χ1) is 15.9. The zero-order valence-electron chi connectivity index (χ0n) is 18.2. The molecule has 9 nitrogen and oxygen atoms in total. The number of halogens is 1. The number of aromatic nitrogens is 3. The van der Waals surface area contributed by atoms with Crippen LogP contribution in [-0.4, -0.2) is 46.0 Å². The fraction of sp³-hybridized carbons (Fsp3) is 0.273. The molecular weight excluding hydrogens is 466 g/mol. The average Bonchev–Trinajstić information content (AvgIpc) is 3.17. The number of rotatable bonds is 7. The van der Waals surface area contributed by atoms with Gasteiger partial charge < -0.3 is 19.4 Å². The summed E-state index contributed by atoms with van der Waals surface area (Å²) in [4.78, 5) is 26.7. The SMILES string of the molecule is COc1ccc(NC(=O)CSc2nnc([C@H](C)N3C(=O)COc4ccccc43)n2C)cc1Cl. The largest absolute Gasteiger partial charge is 0.495 e. The molecule has 0 fully saturated rings. The molecule has 11 heteroatoms. The van der Waals surface area contributed by atoms with Crippen molar-refractivity contribution in [2.24, 2.45) is 7.05 Å². The molecule has 2 amide bonds. The minimum Gasteiger partial charge on any atom is -0.495 e. The summed E-state index contributed by atoms with van der Waals surface area (Å²) in [6.07, 6.45) is 0. The first-order valence-corrected chi connectivity index (χ1v) is 11.4. The van der Waals surface area contributed by atoms with E-state index < -0.39 is 0 Å². The first kappa shape index (κ1) is 22.9. The van der Waals surface area contributed by atoms with Crippen molar-refractivity contribution in [3.63, 3.8) is 0 Å². The van der Waals surface area contributed by atoms with Gasteiger partial charge in [0.15, 0.2) is 17.6 Å². The highest BCUT2D eigenvalue weighted by atomic mass is 35.5. The Bertz CT molecular complexity index is 1200. The van der Waals surface area contributed by atoms with Crippen molar-refractivity contribution in [2.45, 2.75) is 18.1 Å². The van der Waals surface area contributed by atoms with E-state index in [4.69, 9.17) is 21.1 Å². The van der Waals surface area contributed by atoms with Gasteiger partial charge in [-0.05, 0) is 37.3 Å². The summed E-state index contributed by atoms with van der Waals surface area (Å²) in [6.45, 7) is 1.86. The number of carbonyl (C=O) groups is 2. The number of nitrogens with zero attached hydrogens (tertiary/aromatic N) is 4. The lowest BCUT2D eigenvalue weighted by Gasteiger charge is -2.33. The van der Waals surface area contributed by atoms with E-state index in [9.17, 15) is 9.59 Å². The smallest absolute Gasteiger partial charge is 0.265 e. The molecule has 2 aromatic carbocycles. The number of hydrogen-bond donors (Lipinski definition) is 1. The monoisotopic (exact) mass is 487 g/mol. The van der Waals surface area contributed by atoms with E-state index >= 15 is 0 Å². The third-order valence-electron chi connectivity index (χ3n) is 5.14. The quantitative estimate of drug-likeness (QED) is 0.507. The van der Waals surface area contributed by atoms with Crippen LogP contribution in [0.3, 0.4) is 0 Å². The number of benzene rings is 2. The molecule has 3 aromatic rings. The Balaban J connectivity index is 1.43. The van der Waals surface area contributed by atoms with E-state index in [2.05, 4.69) is 15.5 Å². The molecule has 1 aromatic heterocycles. The third-order valence-corrected chi connectivity index (χ3v) is 6.46. The molecule has 0 unspecified atom stereocenters. The van der Waals surface area contributed by atoms with E-state index in [-0.39, 0.29) is 30.2 Å². The Morgan fingerprint density at radius 1 is 1.30 bits per heavy atom. The highest BCUT2D eigenvalue weighted by Gasteiger charge is 2.32. The van der Waals surface area contributed by atoms with Gasteiger partial charge in [0.2, 0.25) is 5.91 Å². The highest BCUT2D eigenvalue weighted by molar-refractivity contribution is 7.99. The Hall–Kier alpha value is -3.24. The van der Waals surface area contributed by atoms with Gasteiger partial charge in [0.05, 0.1) is 29.6 Å². The van der Waals surface area contributed by atoms with Crippen LogP contribution in [0, 0.1) is 0 Å². The average molecular weight is 488 g/mol. The molecular formula is C22H22ClN5O4S. The van der Waals surface area contributed by atoms with E-state index in [0.29, 0.717) is 38.9 Å². The molecule has 0 bridgehead atoms. The molecule has 172 valence electrons. The number of methoxy groups -OCH3 is 1. The van der Waals surface area contributed by atoms with E-state index in [0.717, 1.165) is 0 Å². The lowest BCUT2D eigenvalue weighted by atomic mass is 10.1. The second kappa shape index (κ2) is 9.72. The summed E-state index contributed by atoms with van der Waals surface area (Å²) in [6, 6.07) is 12.0. The minimum atomic E-state index is -0.371. The molecule has 4 rings (SSSR count). The number of carbonyl (C=O) groups excluding carboxylic acids is 2. The topological polar surface area (TPSA) is 98.6 Å². The summed E-state index contributed by atoms with van der Waals surface area (Å²) in [5, 5.41) is 12.3. The predicted octanol–water partition coefficient (Wildman–Crippen LogP) is 3.69. The van der Waals surface area contributed by atoms with Crippen molar-refractivity contribution in [3.05, 3.63) is 53.3 Å². The van der Waals surface area contributed by atoms with Gasteiger partial charge >= 0.3 is 0 Å². The second-order valence-electron chi connectivity index (χ2n) is 7.28. The molecule has 0 spiro atoms. The second-order valence-corrected chi connectivity index (χ2v) is 8.63. The van der Waals surface area contributed by atoms with Crippen molar-refractivity contribution in [1.29, 1.82) is 0 Å². The summed E-state index contributed by atoms with van der Waals surface area (Å²) in [7, 11) is 3.34. The van der Waals surface area contributed by atoms with Crippen LogP contribution < -0.4 is 19.7 Å². The fourth-order valence-corrected chi connectivity index (χ4v) is 4.52. The van der Waals surface area contributed by atoms with Crippen molar-refractivity contribution in [1.82, 2.24) is 14.8 Å². The first-order valence-electron chi connectivity index (χ1n) is 10.1. The van der Waals surface area contributed by atoms with Crippen LogP contribution in [0.25, 0.3) is 0 Å². The molecule has 0 aliphatic carbocycles. The zero-order chi connectivity index (χ0) is 23.5. The number of anilines is 2. The minimum absolute atomic E-state index is 0.0314. The van der Waals surface area contributed by atoms with Crippen LogP contribution in [0.1, 0.15) is 18.8 Å². The summed E-state index contributed by atoms with van der Waals surface area (Å²) in [5.74, 6) is 1.54. The predicted molar refractivity (Wildman–Crippen MR) is 126 cm³/mol. The number of nitrogens with one attached hydrogen (secondary N) is 1. The normalized spacial score (nSPS) is 13.8. The summed E-state index contributed by atoms with van der Waals surface area (Å²) < 4.78 is 12.4. The number of ether oxygens (including phenoxy) is 2. The van der Waals surface area contributed by atoms with Crippen LogP contribution in [0.5, 0.6) is 11.5 Å². The van der Waals surface area contributed by atoms with E-state index in [1.54, 1.807) is 27.7 Å². The lowest BCUT2D eigenvalue weighted by Crippen LogP contribution is -2.41. The molecule has 33 heavy (non-hydrogen) atoms. The molecule has 1 aliphatic rings. The number of fused-ring (bicyclic) bond motifs is 1. The molecule has 1 N–H and O–H groups in total. The summed E-state index contributed by atoms with van der Waals surface area (Å²) >= 11 is 7.36. The Morgan fingerprint density at radius 3 is 2.85 bits per heavy atom. The molecule has 1 atom stereocenters. The maximum absolute atomic E-state index is 12.6. The van der Waals surface area contributed by atoms with E-state index in [1.807, 2.05) is 38.2 Å². The van der Waals surface area contributed by atoms with Gasteiger partial charge in [-0.2, -0.15) is 0 Å². The van der Waals surface area contributed by atoms with Crippen LogP contribution in [0.15, 0.2) is 47.6 Å². The van der Waals surface area contributed by atoms with Crippen molar-refractivity contribution in [3.8, 4) is 11.5 Å². The Labute approximate surface area is 200 Å². The van der Waals surface area contributed by atoms with Gasteiger partial charge in [-0.3, -0.25) is 14.5 Å². The number of thioether (sulfide) groups is 1. The fourth-order valence-electron chi connectivity index (χ4n) is 3.55. The molecule has 2 heterocycles. The maximum Gasteiger partial charge on any atom is 0.265 e. The number of hydrogen-bond acceptors (Lipinski definition) is 7. The van der Waals surface area contributed by atoms with Gasteiger partial charge in [0.25, 0.3) is 5.91 Å². The van der Waals surface area contributed by atoms with Gasteiger partial charge in [0, 0.05) is 12.7 Å². The van der Waals surface area contributed by atoms with Crippen LogP contribution in [-0.2, 0) is 16.6 Å².